The van der Waals surface area contributed by atoms with Gasteiger partial charge in [0.05, 0.1) is 17.0 Å². The number of anilines is 1. The van der Waals surface area contributed by atoms with E-state index < -0.39 is 0 Å². The van der Waals surface area contributed by atoms with Gasteiger partial charge in [0.2, 0.25) is 5.91 Å². The summed E-state index contributed by atoms with van der Waals surface area (Å²) in [6.45, 7) is 0. The molecule has 0 aliphatic carbocycles. The monoisotopic (exact) mass is 295 g/mol. The van der Waals surface area contributed by atoms with E-state index in [2.05, 4.69) is 10.3 Å². The van der Waals surface area contributed by atoms with E-state index in [1.54, 1.807) is 25.5 Å². The first-order valence-corrected chi connectivity index (χ1v) is 7.31. The van der Waals surface area contributed by atoms with E-state index >= 15 is 0 Å². The Hall–Kier alpha value is -1.73. The van der Waals surface area contributed by atoms with E-state index in [4.69, 9.17) is 0 Å². The predicted octanol–water partition coefficient (Wildman–Crippen LogP) is 2.09. The van der Waals surface area contributed by atoms with Crippen molar-refractivity contribution in [2.45, 2.75) is 6.42 Å². The summed E-state index contributed by atoms with van der Waals surface area (Å²) in [5, 5.41) is 6.86. The second-order valence-corrected chi connectivity index (χ2v) is 5.85. The van der Waals surface area contributed by atoms with Crippen molar-refractivity contribution in [3.05, 3.63) is 33.5 Å². The highest BCUT2D eigenvalue weighted by atomic mass is 32.1. The summed E-state index contributed by atoms with van der Waals surface area (Å²) in [5.41, 5.74) is 0.671. The second-order valence-electron chi connectivity index (χ2n) is 4.04. The molecule has 0 unspecified atom stereocenters. The summed E-state index contributed by atoms with van der Waals surface area (Å²) in [6, 6.07) is 3.58. The molecule has 0 spiro atoms. The molecule has 2 heterocycles. The van der Waals surface area contributed by atoms with Gasteiger partial charge < -0.3 is 4.90 Å². The van der Waals surface area contributed by atoms with Gasteiger partial charge in [-0.25, -0.2) is 4.98 Å². The molecule has 0 saturated heterocycles. The molecule has 19 heavy (non-hydrogen) atoms. The molecule has 0 atom stereocenters. The zero-order valence-corrected chi connectivity index (χ0v) is 12.2. The number of carbonyl (C=O) groups excluding carboxylic acids is 2. The first-order valence-electron chi connectivity index (χ1n) is 5.55. The van der Waals surface area contributed by atoms with Gasteiger partial charge >= 0.3 is 0 Å². The molecule has 0 radical (unpaired) electrons. The van der Waals surface area contributed by atoms with E-state index in [1.807, 2.05) is 11.4 Å². The van der Waals surface area contributed by atoms with Crippen molar-refractivity contribution in [1.82, 2.24) is 9.88 Å². The third kappa shape index (κ3) is 3.62. The number of amides is 2. The zero-order chi connectivity index (χ0) is 13.8. The summed E-state index contributed by atoms with van der Waals surface area (Å²) >= 11 is 2.70. The van der Waals surface area contributed by atoms with Crippen LogP contribution in [0.5, 0.6) is 0 Å². The van der Waals surface area contributed by atoms with Crippen molar-refractivity contribution < 1.29 is 9.59 Å². The molecule has 2 aromatic rings. The number of aromatic nitrogens is 1. The van der Waals surface area contributed by atoms with Crippen LogP contribution >= 0.6 is 22.7 Å². The quantitative estimate of drug-likeness (QED) is 0.939. The van der Waals surface area contributed by atoms with Gasteiger partial charge in [0, 0.05) is 19.5 Å². The topological polar surface area (TPSA) is 62.3 Å². The van der Waals surface area contributed by atoms with E-state index in [0.717, 1.165) is 0 Å². The highest BCUT2D eigenvalue weighted by molar-refractivity contribution is 7.14. The van der Waals surface area contributed by atoms with Crippen LogP contribution in [-0.4, -0.2) is 35.8 Å². The summed E-state index contributed by atoms with van der Waals surface area (Å²) in [6.07, 6.45) is 0.248. The predicted molar refractivity (Wildman–Crippen MR) is 76.8 cm³/mol. The van der Waals surface area contributed by atoms with E-state index in [0.29, 0.717) is 15.7 Å². The number of nitrogens with zero attached hydrogens (tertiary/aromatic N) is 2. The summed E-state index contributed by atoms with van der Waals surface area (Å²) < 4.78 is 0. The van der Waals surface area contributed by atoms with Gasteiger partial charge in [-0.15, -0.1) is 22.7 Å². The number of thiophene rings is 1. The summed E-state index contributed by atoms with van der Waals surface area (Å²) in [5.74, 6) is -0.184. The molecule has 0 aromatic carbocycles. The van der Waals surface area contributed by atoms with Gasteiger partial charge in [0.25, 0.3) is 5.91 Å². The SMILES string of the molecule is CN(C)C(=O)Cc1csc(NC(=O)c2cccs2)n1. The number of thiazole rings is 1. The van der Waals surface area contributed by atoms with Crippen LogP contribution in [-0.2, 0) is 11.2 Å². The molecule has 1 N–H and O–H groups in total. The Bertz CT molecular complexity index is 576. The minimum absolute atomic E-state index is 0.0126. The molecule has 0 aliphatic rings. The number of hydrogen-bond donors (Lipinski definition) is 1. The zero-order valence-electron chi connectivity index (χ0n) is 10.5. The summed E-state index contributed by atoms with van der Waals surface area (Å²) in [4.78, 5) is 29.7. The lowest BCUT2D eigenvalue weighted by Crippen LogP contribution is -2.23. The third-order valence-corrected chi connectivity index (χ3v) is 4.02. The second kappa shape index (κ2) is 5.94. The average molecular weight is 295 g/mol. The molecular formula is C12H13N3O2S2. The van der Waals surface area contributed by atoms with Crippen LogP contribution in [0.4, 0.5) is 5.13 Å². The number of nitrogens with one attached hydrogen (secondary N) is 1. The van der Waals surface area contributed by atoms with Gasteiger partial charge in [0.15, 0.2) is 5.13 Å². The maximum Gasteiger partial charge on any atom is 0.267 e. The molecule has 0 fully saturated rings. The fourth-order valence-corrected chi connectivity index (χ4v) is 2.65. The Balaban J connectivity index is 1.98. The molecule has 100 valence electrons. The number of carbonyl (C=O) groups is 2. The molecule has 0 saturated carbocycles. The average Bonchev–Trinajstić information content (AvgIpc) is 3.00. The summed E-state index contributed by atoms with van der Waals surface area (Å²) in [7, 11) is 3.41. The highest BCUT2D eigenvalue weighted by Gasteiger charge is 2.12. The Morgan fingerprint density at radius 1 is 1.37 bits per heavy atom. The molecule has 7 heteroatoms. The molecule has 2 aromatic heterocycles. The fraction of sp³-hybridized carbons (Fsp3) is 0.250. The van der Waals surface area contributed by atoms with Crippen LogP contribution in [0.1, 0.15) is 15.4 Å². The van der Waals surface area contributed by atoms with Gasteiger partial charge in [-0.3, -0.25) is 14.9 Å². The van der Waals surface area contributed by atoms with Crippen molar-refractivity contribution in [1.29, 1.82) is 0 Å². The molecule has 2 rings (SSSR count). The molecular weight excluding hydrogens is 282 g/mol. The lowest BCUT2D eigenvalue weighted by atomic mass is 10.3. The lowest BCUT2D eigenvalue weighted by molar-refractivity contribution is -0.128. The maximum atomic E-state index is 11.8. The van der Waals surface area contributed by atoms with Crippen LogP contribution in [0.2, 0.25) is 0 Å². The third-order valence-electron chi connectivity index (χ3n) is 2.35. The van der Waals surface area contributed by atoms with Crippen molar-refractivity contribution >= 4 is 39.6 Å². The Kier molecular flexibility index (Phi) is 4.28. The Morgan fingerprint density at radius 2 is 2.16 bits per heavy atom. The first kappa shape index (κ1) is 13.7. The number of likely N-dealkylation sites (N-methyl/N-ethyl adjacent to an activating group) is 1. The van der Waals surface area contributed by atoms with Crippen molar-refractivity contribution in [2.24, 2.45) is 0 Å². The van der Waals surface area contributed by atoms with Crippen LogP contribution in [0.25, 0.3) is 0 Å². The normalized spacial score (nSPS) is 10.2. The van der Waals surface area contributed by atoms with Crippen molar-refractivity contribution in [3.8, 4) is 0 Å². The van der Waals surface area contributed by atoms with Gasteiger partial charge in [0.1, 0.15) is 0 Å². The first-order chi connectivity index (χ1) is 9.06. The Labute approximate surface area is 118 Å². The van der Waals surface area contributed by atoms with E-state index in [-0.39, 0.29) is 18.2 Å². The van der Waals surface area contributed by atoms with E-state index in [1.165, 1.54) is 27.6 Å². The van der Waals surface area contributed by atoms with Crippen LogP contribution in [0, 0.1) is 0 Å². The standard InChI is InChI=1S/C12H13N3O2S2/c1-15(2)10(16)6-8-7-19-12(13-8)14-11(17)9-4-3-5-18-9/h3-5,7H,6H2,1-2H3,(H,13,14,17). The fourth-order valence-electron chi connectivity index (χ4n) is 1.33. The molecule has 5 nitrogen and oxygen atoms in total. The largest absolute Gasteiger partial charge is 0.348 e. The van der Waals surface area contributed by atoms with Crippen LogP contribution in [0.3, 0.4) is 0 Å². The molecule has 0 aliphatic heterocycles. The number of hydrogen-bond acceptors (Lipinski definition) is 5. The van der Waals surface area contributed by atoms with Gasteiger partial charge in [-0.1, -0.05) is 6.07 Å². The molecule has 0 bridgehead atoms. The minimum Gasteiger partial charge on any atom is -0.348 e. The number of rotatable bonds is 4. The van der Waals surface area contributed by atoms with E-state index in [9.17, 15) is 9.59 Å². The van der Waals surface area contributed by atoms with Crippen molar-refractivity contribution in [2.75, 3.05) is 19.4 Å². The lowest BCUT2D eigenvalue weighted by Gasteiger charge is -2.07. The smallest absolute Gasteiger partial charge is 0.267 e. The van der Waals surface area contributed by atoms with Crippen LogP contribution in [0.15, 0.2) is 22.9 Å². The highest BCUT2D eigenvalue weighted by Crippen LogP contribution is 2.18. The van der Waals surface area contributed by atoms with Crippen LogP contribution < -0.4 is 5.32 Å². The molecule has 2 amide bonds. The Morgan fingerprint density at radius 3 is 2.79 bits per heavy atom. The minimum atomic E-state index is -0.171. The maximum absolute atomic E-state index is 11.8. The van der Waals surface area contributed by atoms with Gasteiger partial charge in [-0.05, 0) is 11.4 Å². The van der Waals surface area contributed by atoms with Gasteiger partial charge in [-0.2, -0.15) is 0 Å². The van der Waals surface area contributed by atoms with Crippen molar-refractivity contribution in [3.63, 3.8) is 0 Å².